The first kappa shape index (κ1) is 46.3. The molecule has 23 heteroatoms. The first-order chi connectivity index (χ1) is 35.1. The van der Waals surface area contributed by atoms with Gasteiger partial charge >= 0.3 is 17.9 Å². The van der Waals surface area contributed by atoms with Crippen LogP contribution in [0.3, 0.4) is 0 Å². The van der Waals surface area contributed by atoms with Crippen LogP contribution in [-0.2, 0) is 0 Å². The van der Waals surface area contributed by atoms with Crippen molar-refractivity contribution >= 4 is 99.6 Å². The molecule has 9 aromatic rings. The van der Waals surface area contributed by atoms with Crippen LogP contribution in [0.15, 0.2) is 97.1 Å². The molecule has 0 fully saturated rings. The van der Waals surface area contributed by atoms with Crippen molar-refractivity contribution in [1.82, 2.24) is 0 Å². The molecule has 23 nitrogen and oxygen atoms in total. The van der Waals surface area contributed by atoms with Gasteiger partial charge in [0, 0.05) is 45.1 Å². The molecule has 3 aliphatic heterocycles. The second-order valence-corrected chi connectivity index (χ2v) is 15.9. The second kappa shape index (κ2) is 17.8. The number of carboxylic acid groups (broad SMARTS) is 3. The number of ether oxygens (including phenoxy) is 8. The van der Waals surface area contributed by atoms with Gasteiger partial charge in [0.1, 0.15) is 11.5 Å². The smallest absolute Gasteiger partial charge is 0.336 e. The highest BCUT2D eigenvalue weighted by atomic mass is 16.7. The monoisotopic (exact) mass is 993 g/mol. The van der Waals surface area contributed by atoms with E-state index in [-0.39, 0.29) is 87.5 Å². The summed E-state index contributed by atoms with van der Waals surface area (Å²) in [6, 6.07) is 25.1. The maximum atomic E-state index is 11.7. The molecule has 0 bridgehead atoms. The Kier molecular flexibility index (Phi) is 11.3. The predicted octanol–water partition coefficient (Wildman–Crippen LogP) is 10.0. The van der Waals surface area contributed by atoms with E-state index in [0.717, 1.165) is 0 Å². The van der Waals surface area contributed by atoms with Gasteiger partial charge in [-0.25, -0.2) is 14.4 Å². The maximum Gasteiger partial charge on any atom is 0.336 e. The second-order valence-electron chi connectivity index (χ2n) is 15.9. The molecule has 3 N–H and O–H groups in total. The third kappa shape index (κ3) is 7.50. The van der Waals surface area contributed by atoms with Crippen molar-refractivity contribution in [2.24, 2.45) is 0 Å². The van der Waals surface area contributed by atoms with Crippen molar-refractivity contribution < 1.29 is 82.4 Å². The Morgan fingerprint density at radius 1 is 0.438 bits per heavy atom. The SMILES string of the molecule is COc1cccc2c1cc([N+](=O)[O-])c1c(C(=O)O)cc3c(c12)OCO3.COc1cccc2c1cc([N+](=O)[O-])c1c(C(=O)O)cc3c(c12)OCO3.O=C(O)c1cc2c(c3c1c([N+](=O)[O-])cc1ccccc13)OCO2. The number of nitro benzene ring substituents is 3. The number of fused-ring (bicyclic) bond motifs is 15. The molecule has 366 valence electrons. The van der Waals surface area contributed by atoms with Crippen molar-refractivity contribution in [3.63, 3.8) is 0 Å². The number of carboxylic acids is 3. The lowest BCUT2D eigenvalue weighted by atomic mass is 9.95. The maximum absolute atomic E-state index is 11.7. The van der Waals surface area contributed by atoms with Crippen LogP contribution in [0.5, 0.6) is 46.0 Å². The quantitative estimate of drug-likeness (QED) is 0.0724. The van der Waals surface area contributed by atoms with Gasteiger partial charge < -0.3 is 53.2 Å². The highest BCUT2D eigenvalue weighted by Crippen LogP contribution is 2.51. The van der Waals surface area contributed by atoms with Crippen molar-refractivity contribution in [1.29, 1.82) is 0 Å². The Morgan fingerprint density at radius 3 is 1.14 bits per heavy atom. The molecule has 0 aliphatic carbocycles. The van der Waals surface area contributed by atoms with E-state index in [9.17, 15) is 60.0 Å². The number of nitrogens with zero attached hydrogens (tertiary/aromatic N) is 3. The molecule has 3 aliphatic rings. The average Bonchev–Trinajstić information content (AvgIpc) is 4.19. The topological polar surface area (TPSA) is 315 Å². The van der Waals surface area contributed by atoms with E-state index >= 15 is 0 Å². The highest BCUT2D eigenvalue weighted by Gasteiger charge is 2.33. The Bertz CT molecular complexity index is 3800. The minimum absolute atomic E-state index is 0.00232. The molecule has 0 amide bonds. The lowest BCUT2D eigenvalue weighted by Gasteiger charge is -2.12. The number of carbonyl (C=O) groups is 3. The van der Waals surface area contributed by atoms with Crippen LogP contribution < -0.4 is 37.9 Å². The first-order valence-corrected chi connectivity index (χ1v) is 21.3. The minimum atomic E-state index is -1.28. The Hall–Kier alpha value is -10.5. The summed E-state index contributed by atoms with van der Waals surface area (Å²) in [6.07, 6.45) is 0. The molecule has 0 spiro atoms. The van der Waals surface area contributed by atoms with Gasteiger partial charge in [-0.15, -0.1) is 0 Å². The number of aromatic carboxylic acids is 3. The number of methoxy groups -OCH3 is 2. The first-order valence-electron chi connectivity index (χ1n) is 21.3. The number of rotatable bonds is 8. The molecule has 0 radical (unpaired) electrons. The Morgan fingerprint density at radius 2 is 0.781 bits per heavy atom. The summed E-state index contributed by atoms with van der Waals surface area (Å²) in [5, 5.41) is 67.9. The van der Waals surface area contributed by atoms with Gasteiger partial charge in [-0.2, -0.15) is 0 Å². The molecule has 0 unspecified atom stereocenters. The molecule has 0 saturated heterocycles. The van der Waals surface area contributed by atoms with E-state index in [1.807, 2.05) is 0 Å². The van der Waals surface area contributed by atoms with E-state index in [0.29, 0.717) is 77.2 Å². The fourth-order valence-corrected chi connectivity index (χ4v) is 9.30. The van der Waals surface area contributed by atoms with Crippen LogP contribution in [0.2, 0.25) is 0 Å². The summed E-state index contributed by atoms with van der Waals surface area (Å²) in [6.45, 7) is -0.214. The predicted molar refractivity (Wildman–Crippen MR) is 257 cm³/mol. The van der Waals surface area contributed by atoms with Gasteiger partial charge in [0.25, 0.3) is 17.1 Å². The summed E-state index contributed by atoms with van der Waals surface area (Å²) in [4.78, 5) is 68.0. The number of hydrogen-bond acceptors (Lipinski definition) is 17. The van der Waals surface area contributed by atoms with Crippen LogP contribution in [0, 0.1) is 30.3 Å². The van der Waals surface area contributed by atoms with Crippen LogP contribution >= 0.6 is 0 Å². The lowest BCUT2D eigenvalue weighted by molar-refractivity contribution is -0.383. The van der Waals surface area contributed by atoms with E-state index in [1.165, 1.54) is 50.6 Å². The summed E-state index contributed by atoms with van der Waals surface area (Å²) in [7, 11) is 2.92. The third-order valence-electron chi connectivity index (χ3n) is 12.2. The zero-order valence-electron chi connectivity index (χ0n) is 37.5. The molecule has 0 atom stereocenters. The molecule has 0 saturated carbocycles. The summed E-state index contributed by atoms with van der Waals surface area (Å²) in [5.74, 6) is -1.25. The molecule has 73 heavy (non-hydrogen) atoms. The summed E-state index contributed by atoms with van der Waals surface area (Å²) in [5.41, 5.74) is -1.53. The zero-order chi connectivity index (χ0) is 51.6. The van der Waals surface area contributed by atoms with Crippen LogP contribution in [0.4, 0.5) is 17.1 Å². The van der Waals surface area contributed by atoms with Gasteiger partial charge in [0.15, 0.2) is 34.5 Å². The summed E-state index contributed by atoms with van der Waals surface area (Å²) >= 11 is 0. The van der Waals surface area contributed by atoms with Crippen molar-refractivity contribution in [3.05, 3.63) is 144 Å². The third-order valence-corrected chi connectivity index (χ3v) is 12.2. The number of benzene rings is 9. The van der Waals surface area contributed by atoms with E-state index in [1.54, 1.807) is 60.7 Å². The van der Waals surface area contributed by atoms with E-state index in [4.69, 9.17) is 37.9 Å². The molecular weight excluding hydrogens is 963 g/mol. The Balaban J connectivity index is 0.000000126. The van der Waals surface area contributed by atoms with Crippen LogP contribution in [0.1, 0.15) is 31.1 Å². The molecule has 0 aromatic heterocycles. The number of non-ortho nitro benzene ring substituents is 3. The highest BCUT2D eigenvalue weighted by molar-refractivity contribution is 6.24. The van der Waals surface area contributed by atoms with Gasteiger partial charge in [0.05, 0.1) is 61.8 Å². The van der Waals surface area contributed by atoms with Crippen molar-refractivity contribution in [3.8, 4) is 46.0 Å². The lowest BCUT2D eigenvalue weighted by Crippen LogP contribution is -2.02. The summed E-state index contributed by atoms with van der Waals surface area (Å²) < 4.78 is 42.9. The molecule has 3 heterocycles. The fraction of sp³-hybridized carbons (Fsp3) is 0.100. The molecule has 9 aromatic carbocycles. The van der Waals surface area contributed by atoms with Crippen molar-refractivity contribution in [2.45, 2.75) is 0 Å². The van der Waals surface area contributed by atoms with Crippen molar-refractivity contribution in [2.75, 3.05) is 34.6 Å². The van der Waals surface area contributed by atoms with Gasteiger partial charge in [0.2, 0.25) is 20.4 Å². The Labute approximate surface area is 405 Å². The van der Waals surface area contributed by atoms with Gasteiger partial charge in [-0.05, 0) is 51.9 Å². The van der Waals surface area contributed by atoms with Gasteiger partial charge in [-0.3, -0.25) is 30.3 Å². The normalized spacial score (nSPS) is 12.6. The van der Waals surface area contributed by atoms with Gasteiger partial charge in [-0.1, -0.05) is 48.5 Å². The number of nitro groups is 3. The van der Waals surface area contributed by atoms with E-state index < -0.39 is 32.7 Å². The molecule has 12 rings (SSSR count). The molecular formula is C50H31N3O20. The van der Waals surface area contributed by atoms with Crippen LogP contribution in [0.25, 0.3) is 64.6 Å². The fourth-order valence-electron chi connectivity index (χ4n) is 9.30. The standard InChI is InChI=1S/2C17H11NO7.C16H9NO6/c2*1-23-12-4-2-3-8-9(12)5-11(18(21)22)14-10(17(19)20)6-13-16(15(8)14)25-7-24-13;18-16(19)10-6-12-15(23-7-22-12)14-9-4-2-1-3-8(9)5-11(13(10)14)17(20)21/h2*2-6H,7H2,1H3,(H,19,20);1-6H,7H2,(H,18,19). The average molecular weight is 994 g/mol. The van der Waals surface area contributed by atoms with E-state index in [2.05, 4.69) is 0 Å². The number of hydrogen-bond donors (Lipinski definition) is 3. The minimum Gasteiger partial charge on any atom is -0.496 e. The zero-order valence-corrected chi connectivity index (χ0v) is 37.5. The largest absolute Gasteiger partial charge is 0.496 e. The van der Waals surface area contributed by atoms with Crippen LogP contribution in [-0.4, -0.2) is 82.6 Å².